The van der Waals surface area contributed by atoms with Gasteiger partial charge in [0, 0.05) is 22.4 Å². The van der Waals surface area contributed by atoms with E-state index >= 15 is 0 Å². The number of hydrogen-bond acceptors (Lipinski definition) is 4. The molecule has 0 fully saturated rings. The Morgan fingerprint density at radius 2 is 1.86 bits per heavy atom. The van der Waals surface area contributed by atoms with Gasteiger partial charge in [0.25, 0.3) is 0 Å². The zero-order chi connectivity index (χ0) is 20.2. The van der Waals surface area contributed by atoms with E-state index < -0.39 is 0 Å². The highest BCUT2D eigenvalue weighted by Crippen LogP contribution is 2.25. The minimum absolute atomic E-state index is 0.0595. The van der Waals surface area contributed by atoms with Gasteiger partial charge in [-0.3, -0.25) is 4.90 Å². The van der Waals surface area contributed by atoms with Crippen LogP contribution in [-0.2, 0) is 6.42 Å². The fraction of sp³-hybridized carbons (Fsp3) is 0.400. The third kappa shape index (κ3) is 6.52. The Morgan fingerprint density at radius 3 is 2.61 bits per heavy atom. The molecule has 0 amide bonds. The van der Waals surface area contributed by atoms with Gasteiger partial charge < -0.3 is 4.74 Å². The molecule has 0 spiro atoms. The van der Waals surface area contributed by atoms with Gasteiger partial charge in [0.15, 0.2) is 6.73 Å². The molecule has 146 valence electrons. The summed E-state index contributed by atoms with van der Waals surface area (Å²) < 4.78 is 5.43. The highest BCUT2D eigenvalue weighted by atomic mass is 16.5. The van der Waals surface area contributed by atoms with Gasteiger partial charge in [-0.05, 0) is 73.2 Å². The van der Waals surface area contributed by atoms with Crippen LogP contribution in [0, 0.1) is 6.92 Å². The molecule has 0 heterocycles. The van der Waals surface area contributed by atoms with E-state index in [0.29, 0.717) is 12.3 Å². The molecule has 0 bridgehead atoms. The average molecular weight is 379 g/mol. The molecule has 0 saturated carbocycles. The number of benzene rings is 2. The largest absolute Gasteiger partial charge is 0.488 e. The molecule has 28 heavy (non-hydrogen) atoms. The summed E-state index contributed by atoms with van der Waals surface area (Å²) in [6.45, 7) is 3.26. The summed E-state index contributed by atoms with van der Waals surface area (Å²) in [7, 11) is 2.03. The van der Waals surface area contributed by atoms with E-state index in [4.69, 9.17) is 15.8 Å². The maximum atomic E-state index is 8.77. The van der Waals surface area contributed by atoms with Crippen LogP contribution in [0.1, 0.15) is 29.2 Å². The lowest BCUT2D eigenvalue weighted by Gasteiger charge is -2.27. The van der Waals surface area contributed by atoms with E-state index in [9.17, 15) is 0 Å². The van der Waals surface area contributed by atoms with E-state index in [-0.39, 0.29) is 12.8 Å². The fourth-order valence-electron chi connectivity index (χ4n) is 3.12. The van der Waals surface area contributed by atoms with Crippen LogP contribution in [0.25, 0.3) is 20.9 Å². The molecule has 8 nitrogen and oxygen atoms in total. The van der Waals surface area contributed by atoms with E-state index in [0.717, 1.165) is 24.9 Å². The highest BCUT2D eigenvalue weighted by Gasteiger charge is 2.17. The van der Waals surface area contributed by atoms with Gasteiger partial charge in [0.05, 0.1) is 0 Å². The lowest BCUT2D eigenvalue weighted by Crippen LogP contribution is -2.28. The normalized spacial score (nSPS) is 11.4. The molecule has 0 N–H and O–H groups in total. The Labute approximate surface area is 165 Å². The third-order valence-corrected chi connectivity index (χ3v) is 4.66. The second-order valence-electron chi connectivity index (χ2n) is 6.52. The Bertz CT molecular complexity index is 857. The Morgan fingerprint density at radius 1 is 1.07 bits per heavy atom. The Balaban J connectivity index is 2.05. The quantitative estimate of drug-likeness (QED) is 0.289. The Kier molecular flexibility index (Phi) is 8.69. The number of likely N-dealkylation sites (N-methyl/N-ethyl adjacent to an activating group) is 1. The lowest BCUT2D eigenvalue weighted by atomic mass is 10.0. The predicted molar refractivity (Wildman–Crippen MR) is 110 cm³/mol. The topological polar surface area (TPSA) is 110 Å². The van der Waals surface area contributed by atoms with Crippen molar-refractivity contribution in [2.45, 2.75) is 25.8 Å². The van der Waals surface area contributed by atoms with Crippen LogP contribution in [0.4, 0.5) is 0 Å². The molecule has 2 aromatic rings. The van der Waals surface area contributed by atoms with Crippen LogP contribution >= 0.6 is 0 Å². The van der Waals surface area contributed by atoms with E-state index in [2.05, 4.69) is 56.1 Å². The van der Waals surface area contributed by atoms with Crippen molar-refractivity contribution >= 4 is 0 Å². The molecule has 1 atom stereocenters. The minimum Gasteiger partial charge on any atom is -0.488 e. The molecule has 0 aliphatic heterocycles. The van der Waals surface area contributed by atoms with Crippen molar-refractivity contribution in [3.63, 3.8) is 0 Å². The molecule has 0 unspecified atom stereocenters. The van der Waals surface area contributed by atoms with E-state index in [1.54, 1.807) is 6.07 Å². The summed E-state index contributed by atoms with van der Waals surface area (Å²) in [5.41, 5.74) is 20.8. The van der Waals surface area contributed by atoms with E-state index in [1.807, 2.05) is 25.2 Å². The van der Waals surface area contributed by atoms with Gasteiger partial charge >= 0.3 is 0 Å². The third-order valence-electron chi connectivity index (χ3n) is 4.66. The second kappa shape index (κ2) is 11.5. The number of aryl methyl sites for hydroxylation is 2. The summed E-state index contributed by atoms with van der Waals surface area (Å²) >= 11 is 0. The fourth-order valence-corrected chi connectivity index (χ4v) is 3.12. The summed E-state index contributed by atoms with van der Waals surface area (Å²) in [6, 6.07) is 15.9. The first kappa shape index (κ1) is 21.1. The zero-order valence-electron chi connectivity index (χ0n) is 16.3. The number of rotatable bonds is 11. The van der Waals surface area contributed by atoms with Crippen molar-refractivity contribution in [2.75, 3.05) is 26.9 Å². The van der Waals surface area contributed by atoms with Crippen molar-refractivity contribution in [3.8, 4) is 5.75 Å². The molecule has 2 aromatic carbocycles. The molecule has 0 aliphatic rings. The predicted octanol–water partition coefficient (Wildman–Crippen LogP) is 5.56. The molecule has 2 rings (SSSR count). The molecular formula is C20H25N7O. The molecule has 0 aromatic heterocycles. The van der Waals surface area contributed by atoms with Crippen molar-refractivity contribution in [3.05, 3.63) is 86.1 Å². The van der Waals surface area contributed by atoms with Crippen molar-refractivity contribution < 1.29 is 4.74 Å². The molecule has 0 saturated heterocycles. The number of hydrogen-bond donors (Lipinski definition) is 0. The van der Waals surface area contributed by atoms with Crippen molar-refractivity contribution in [2.24, 2.45) is 10.2 Å². The Hall–Kier alpha value is -3.18. The van der Waals surface area contributed by atoms with Gasteiger partial charge in [-0.1, -0.05) is 46.6 Å². The SMILES string of the molecule is Cc1ccccc1CCCN(C)[C@@H](CN=[N+]=[N-])c1cccc(OCN=[N+]=[N-])c1. The second-order valence-corrected chi connectivity index (χ2v) is 6.52. The van der Waals surface area contributed by atoms with Crippen molar-refractivity contribution in [1.29, 1.82) is 0 Å². The maximum absolute atomic E-state index is 8.77. The van der Waals surface area contributed by atoms with E-state index in [1.165, 1.54) is 11.1 Å². The van der Waals surface area contributed by atoms with Gasteiger partial charge in [0.1, 0.15) is 5.75 Å². The van der Waals surface area contributed by atoms with Crippen LogP contribution in [0.3, 0.4) is 0 Å². The summed E-state index contributed by atoms with van der Waals surface area (Å²) in [6.07, 6.45) is 2.00. The summed E-state index contributed by atoms with van der Waals surface area (Å²) in [5, 5.41) is 7.17. The standard InChI is InChI=1S/C20H25N7O/c1-16-7-3-4-8-17(16)10-6-12-27(2)20(14-23-25-21)18-9-5-11-19(13-18)28-15-24-26-22/h3-5,7-9,11,13,20H,6,10,12,14-15H2,1-2H3/t20-/m0/s1. The van der Waals surface area contributed by atoms with Gasteiger partial charge in [-0.25, -0.2) is 0 Å². The molecule has 8 heteroatoms. The van der Waals surface area contributed by atoms with Crippen LogP contribution < -0.4 is 4.74 Å². The van der Waals surface area contributed by atoms with Crippen LogP contribution in [0.2, 0.25) is 0 Å². The molecule has 0 aliphatic carbocycles. The average Bonchev–Trinajstić information content (AvgIpc) is 2.70. The number of nitrogens with zero attached hydrogens (tertiary/aromatic N) is 7. The first-order valence-corrected chi connectivity index (χ1v) is 9.15. The first-order chi connectivity index (χ1) is 13.7. The molecular weight excluding hydrogens is 354 g/mol. The summed E-state index contributed by atoms with van der Waals surface area (Å²) in [5.74, 6) is 0.615. The minimum atomic E-state index is -0.0623. The van der Waals surface area contributed by atoms with Gasteiger partial charge in [-0.15, -0.1) is 0 Å². The maximum Gasteiger partial charge on any atom is 0.167 e. The first-order valence-electron chi connectivity index (χ1n) is 9.15. The number of azide groups is 2. The van der Waals surface area contributed by atoms with Gasteiger partial charge in [0.2, 0.25) is 0 Å². The highest BCUT2D eigenvalue weighted by molar-refractivity contribution is 5.31. The van der Waals surface area contributed by atoms with Crippen LogP contribution in [0.5, 0.6) is 5.75 Å². The van der Waals surface area contributed by atoms with Gasteiger partial charge in [-0.2, -0.15) is 0 Å². The lowest BCUT2D eigenvalue weighted by molar-refractivity contribution is 0.246. The monoisotopic (exact) mass is 379 g/mol. The van der Waals surface area contributed by atoms with Crippen molar-refractivity contribution in [1.82, 2.24) is 4.90 Å². The summed E-state index contributed by atoms with van der Waals surface area (Å²) in [4.78, 5) is 7.79. The van der Waals surface area contributed by atoms with Crippen LogP contribution in [-0.4, -0.2) is 31.8 Å². The number of ether oxygens (including phenoxy) is 1. The molecule has 0 radical (unpaired) electrons. The smallest absolute Gasteiger partial charge is 0.167 e. The zero-order valence-corrected chi connectivity index (χ0v) is 16.3. The van der Waals surface area contributed by atoms with Crippen LogP contribution in [0.15, 0.2) is 58.8 Å².